The van der Waals surface area contributed by atoms with Gasteiger partial charge in [-0.25, -0.2) is 0 Å². The Labute approximate surface area is 60.8 Å². The molecule has 0 amide bonds. The van der Waals surface area contributed by atoms with Crippen LogP contribution in [0.3, 0.4) is 0 Å². The van der Waals surface area contributed by atoms with Gasteiger partial charge in [-0.15, -0.1) is 0 Å². The minimum absolute atomic E-state index is 0.292. The lowest BCUT2D eigenvalue weighted by atomic mass is 9.98. The van der Waals surface area contributed by atoms with E-state index in [4.69, 9.17) is 0 Å². The monoisotopic (exact) mass is 146 g/mol. The van der Waals surface area contributed by atoms with Gasteiger partial charge < -0.3 is 5.11 Å². The highest BCUT2D eigenvalue weighted by atomic mass is 32.2. The molecular weight excluding hydrogens is 132 g/mol. The van der Waals surface area contributed by atoms with E-state index in [1.165, 1.54) is 0 Å². The summed E-state index contributed by atoms with van der Waals surface area (Å²) in [6.07, 6.45) is 3.10. The zero-order chi connectivity index (χ0) is 6.74. The molecule has 0 aromatic rings. The molecule has 1 unspecified atom stereocenters. The lowest BCUT2D eigenvalue weighted by Gasteiger charge is -2.19. The summed E-state index contributed by atoms with van der Waals surface area (Å²) in [7, 11) is 0. The fourth-order valence-corrected chi connectivity index (χ4v) is 2.60. The highest BCUT2D eigenvalue weighted by Gasteiger charge is 2.29. The quantitative estimate of drug-likeness (QED) is 0.639. The lowest BCUT2D eigenvalue weighted by Crippen LogP contribution is -2.27. The van der Waals surface area contributed by atoms with Gasteiger partial charge in [0, 0.05) is 5.75 Å². The van der Waals surface area contributed by atoms with Crippen molar-refractivity contribution in [1.82, 2.24) is 0 Å². The van der Waals surface area contributed by atoms with Crippen molar-refractivity contribution in [1.29, 1.82) is 0 Å². The molecule has 0 bridgehead atoms. The van der Waals surface area contributed by atoms with Crippen LogP contribution < -0.4 is 0 Å². The van der Waals surface area contributed by atoms with Crippen molar-refractivity contribution in [2.75, 3.05) is 11.5 Å². The molecule has 1 fully saturated rings. The van der Waals surface area contributed by atoms with Crippen LogP contribution in [0.2, 0.25) is 0 Å². The predicted octanol–water partition coefficient (Wildman–Crippen LogP) is 1.65. The second-order valence-corrected chi connectivity index (χ2v) is 3.88. The van der Waals surface area contributed by atoms with E-state index >= 15 is 0 Å². The van der Waals surface area contributed by atoms with Gasteiger partial charge in [0.05, 0.1) is 5.60 Å². The molecule has 0 saturated carbocycles. The number of aliphatic hydroxyl groups is 1. The maximum atomic E-state index is 9.67. The minimum Gasteiger partial charge on any atom is -0.389 e. The zero-order valence-electron chi connectivity index (χ0n) is 5.89. The number of rotatable bonds is 2. The Kier molecular flexibility index (Phi) is 2.42. The van der Waals surface area contributed by atoms with Crippen molar-refractivity contribution in [2.45, 2.75) is 31.8 Å². The second kappa shape index (κ2) is 2.93. The number of hydrogen-bond donors (Lipinski definition) is 1. The summed E-state index contributed by atoms with van der Waals surface area (Å²) in [5, 5.41) is 9.67. The molecule has 2 heteroatoms. The smallest absolute Gasteiger partial charge is 0.0745 e. The van der Waals surface area contributed by atoms with Crippen molar-refractivity contribution in [3.05, 3.63) is 0 Å². The van der Waals surface area contributed by atoms with Gasteiger partial charge in [0.15, 0.2) is 0 Å². The van der Waals surface area contributed by atoms with Crippen molar-refractivity contribution < 1.29 is 5.11 Å². The highest BCUT2D eigenvalue weighted by Crippen LogP contribution is 2.31. The first-order valence-corrected chi connectivity index (χ1v) is 4.72. The summed E-state index contributed by atoms with van der Waals surface area (Å²) in [6.45, 7) is 2.13. The Bertz CT molecular complexity index is 86.9. The third-order valence-corrected chi connectivity index (χ3v) is 3.03. The highest BCUT2D eigenvalue weighted by molar-refractivity contribution is 7.99. The molecule has 1 rings (SSSR count). The van der Waals surface area contributed by atoms with Crippen LogP contribution in [-0.2, 0) is 0 Å². The van der Waals surface area contributed by atoms with E-state index in [1.807, 2.05) is 11.8 Å². The maximum absolute atomic E-state index is 9.67. The van der Waals surface area contributed by atoms with Crippen LogP contribution in [0.25, 0.3) is 0 Å². The number of hydrogen-bond acceptors (Lipinski definition) is 2. The summed E-state index contributed by atoms with van der Waals surface area (Å²) in [5.74, 6) is 2.11. The molecule has 0 radical (unpaired) electrons. The van der Waals surface area contributed by atoms with Crippen molar-refractivity contribution in [3.8, 4) is 0 Å². The van der Waals surface area contributed by atoms with Gasteiger partial charge in [-0.2, -0.15) is 11.8 Å². The van der Waals surface area contributed by atoms with Gasteiger partial charge in [0.2, 0.25) is 0 Å². The number of thioether (sulfide) groups is 1. The molecule has 1 heterocycles. The Hall–Kier alpha value is 0.310. The molecule has 0 aliphatic carbocycles. The van der Waals surface area contributed by atoms with Crippen LogP contribution >= 0.6 is 11.8 Å². The second-order valence-electron chi connectivity index (χ2n) is 2.78. The normalized spacial score (nSPS) is 35.3. The van der Waals surface area contributed by atoms with E-state index in [0.717, 1.165) is 30.8 Å². The van der Waals surface area contributed by atoms with E-state index in [0.29, 0.717) is 0 Å². The first-order chi connectivity index (χ1) is 4.27. The molecule has 1 nitrogen and oxygen atoms in total. The van der Waals surface area contributed by atoms with Crippen LogP contribution in [0.5, 0.6) is 0 Å². The summed E-state index contributed by atoms with van der Waals surface area (Å²) in [5.41, 5.74) is -0.292. The van der Waals surface area contributed by atoms with Gasteiger partial charge in [-0.3, -0.25) is 0 Å². The van der Waals surface area contributed by atoms with Crippen molar-refractivity contribution in [3.63, 3.8) is 0 Å². The van der Waals surface area contributed by atoms with E-state index < -0.39 is 0 Å². The predicted molar refractivity (Wildman–Crippen MR) is 41.8 cm³/mol. The summed E-state index contributed by atoms with van der Waals surface area (Å²) >= 11 is 1.87. The van der Waals surface area contributed by atoms with Crippen LogP contribution in [0, 0.1) is 0 Å². The molecule has 1 saturated heterocycles. The van der Waals surface area contributed by atoms with Crippen LogP contribution in [0.4, 0.5) is 0 Å². The first kappa shape index (κ1) is 7.42. The van der Waals surface area contributed by atoms with E-state index in [-0.39, 0.29) is 5.60 Å². The molecular formula is C7H14OS. The Morgan fingerprint density at radius 3 is 2.89 bits per heavy atom. The molecule has 0 aromatic heterocycles. The Morgan fingerprint density at radius 1 is 1.67 bits per heavy atom. The standard InChI is InChI=1S/C7H14OS/c1-2-3-7(8)4-5-9-6-7/h8H,2-6H2,1H3. The minimum atomic E-state index is -0.292. The third-order valence-electron chi connectivity index (χ3n) is 1.80. The maximum Gasteiger partial charge on any atom is 0.0745 e. The van der Waals surface area contributed by atoms with Crippen LogP contribution in [0.1, 0.15) is 26.2 Å². The molecule has 0 aromatic carbocycles. The topological polar surface area (TPSA) is 20.2 Å². The lowest BCUT2D eigenvalue weighted by molar-refractivity contribution is 0.0582. The van der Waals surface area contributed by atoms with Gasteiger partial charge in [-0.05, 0) is 18.6 Å². The summed E-state index contributed by atoms with van der Waals surface area (Å²) in [4.78, 5) is 0. The molecule has 0 spiro atoms. The average molecular weight is 146 g/mol. The fraction of sp³-hybridized carbons (Fsp3) is 1.00. The van der Waals surface area contributed by atoms with Gasteiger partial charge >= 0.3 is 0 Å². The molecule has 1 N–H and O–H groups in total. The first-order valence-electron chi connectivity index (χ1n) is 3.57. The van der Waals surface area contributed by atoms with Crippen molar-refractivity contribution in [2.24, 2.45) is 0 Å². The Morgan fingerprint density at radius 2 is 2.44 bits per heavy atom. The molecule has 1 aliphatic rings. The van der Waals surface area contributed by atoms with Crippen LogP contribution in [-0.4, -0.2) is 22.2 Å². The zero-order valence-corrected chi connectivity index (χ0v) is 6.71. The van der Waals surface area contributed by atoms with E-state index in [2.05, 4.69) is 6.92 Å². The van der Waals surface area contributed by atoms with Crippen molar-refractivity contribution >= 4 is 11.8 Å². The Balaban J connectivity index is 2.32. The molecule has 1 atom stereocenters. The van der Waals surface area contributed by atoms with Gasteiger partial charge in [-0.1, -0.05) is 13.3 Å². The van der Waals surface area contributed by atoms with Gasteiger partial charge in [0.25, 0.3) is 0 Å². The van der Waals surface area contributed by atoms with Crippen LogP contribution in [0.15, 0.2) is 0 Å². The summed E-state index contributed by atoms with van der Waals surface area (Å²) < 4.78 is 0. The largest absolute Gasteiger partial charge is 0.389 e. The average Bonchev–Trinajstić information content (AvgIpc) is 2.16. The molecule has 1 aliphatic heterocycles. The SMILES string of the molecule is CCCC1(O)CCSC1. The molecule has 9 heavy (non-hydrogen) atoms. The summed E-state index contributed by atoms with van der Waals surface area (Å²) in [6, 6.07) is 0. The third kappa shape index (κ3) is 1.87. The van der Waals surface area contributed by atoms with E-state index in [1.54, 1.807) is 0 Å². The fourth-order valence-electron chi connectivity index (χ4n) is 1.26. The van der Waals surface area contributed by atoms with E-state index in [9.17, 15) is 5.11 Å². The molecule has 54 valence electrons. The van der Waals surface area contributed by atoms with Gasteiger partial charge in [0.1, 0.15) is 0 Å².